The second-order valence-electron chi connectivity index (χ2n) is 8.57. The van der Waals surface area contributed by atoms with Gasteiger partial charge in [-0.3, -0.25) is 9.79 Å². The van der Waals surface area contributed by atoms with Gasteiger partial charge in [-0.25, -0.2) is 9.97 Å². The van der Waals surface area contributed by atoms with Crippen LogP contribution in [-0.2, 0) is 4.79 Å². The quantitative estimate of drug-likeness (QED) is 0.563. The molecule has 1 amide bonds. The van der Waals surface area contributed by atoms with Crippen LogP contribution in [0, 0.1) is 5.92 Å². The predicted octanol–water partition coefficient (Wildman–Crippen LogP) is 1.48. The molecule has 0 bridgehead atoms. The maximum absolute atomic E-state index is 12.7. The van der Waals surface area contributed by atoms with Crippen molar-refractivity contribution in [1.82, 2.24) is 29.7 Å². The molecule has 2 aliphatic rings. The van der Waals surface area contributed by atoms with Gasteiger partial charge < -0.3 is 24.6 Å². The van der Waals surface area contributed by atoms with Crippen molar-refractivity contribution in [2.24, 2.45) is 10.9 Å². The highest BCUT2D eigenvalue weighted by molar-refractivity contribution is 5.81. The SMILES string of the molecule is CN=C(NCCC(=O)N1CCN(c2ccccn2)CC1)N1CCC(C)C(n2ccnc2)C1. The number of aromatic nitrogens is 3. The Hall–Kier alpha value is -3.10. The number of hydrogen-bond donors (Lipinski definition) is 1. The maximum Gasteiger partial charge on any atom is 0.224 e. The third kappa shape index (κ3) is 5.20. The summed E-state index contributed by atoms with van der Waals surface area (Å²) in [5, 5.41) is 3.41. The lowest BCUT2D eigenvalue weighted by Crippen LogP contribution is -2.51. The highest BCUT2D eigenvalue weighted by Crippen LogP contribution is 2.27. The predicted molar refractivity (Wildman–Crippen MR) is 126 cm³/mol. The molecular formula is C23H34N8O. The van der Waals surface area contributed by atoms with Gasteiger partial charge in [0, 0.05) is 77.9 Å². The molecule has 4 heterocycles. The first kappa shape index (κ1) is 22.1. The van der Waals surface area contributed by atoms with Crippen LogP contribution < -0.4 is 10.2 Å². The van der Waals surface area contributed by atoms with Crippen molar-refractivity contribution in [3.63, 3.8) is 0 Å². The third-order valence-electron chi connectivity index (χ3n) is 6.57. The number of piperazine rings is 1. The van der Waals surface area contributed by atoms with Gasteiger partial charge in [-0.05, 0) is 24.5 Å². The van der Waals surface area contributed by atoms with Gasteiger partial charge in [-0.15, -0.1) is 0 Å². The molecule has 0 spiro atoms. The fourth-order valence-corrected chi connectivity index (χ4v) is 4.59. The number of anilines is 1. The molecule has 4 rings (SSSR count). The minimum Gasteiger partial charge on any atom is -0.356 e. The molecule has 0 aliphatic carbocycles. The highest BCUT2D eigenvalue weighted by atomic mass is 16.2. The number of guanidine groups is 1. The van der Waals surface area contributed by atoms with Crippen LogP contribution in [0.2, 0.25) is 0 Å². The third-order valence-corrected chi connectivity index (χ3v) is 6.57. The normalized spacial score (nSPS) is 22.2. The Bertz CT molecular complexity index is 877. The Morgan fingerprint density at radius 1 is 1.16 bits per heavy atom. The molecule has 0 radical (unpaired) electrons. The summed E-state index contributed by atoms with van der Waals surface area (Å²) in [6.07, 6.45) is 9.15. The van der Waals surface area contributed by atoms with Gasteiger partial charge in [0.25, 0.3) is 0 Å². The zero-order valence-electron chi connectivity index (χ0n) is 19.1. The smallest absolute Gasteiger partial charge is 0.224 e. The summed E-state index contributed by atoms with van der Waals surface area (Å²) >= 11 is 0. The van der Waals surface area contributed by atoms with Gasteiger partial charge in [-0.1, -0.05) is 13.0 Å². The standard InChI is InChI=1S/C23H34N8O/c1-19-7-11-30(17-20(19)31-12-10-25-18-31)23(24-2)27-9-6-22(32)29-15-13-28(14-16-29)21-5-3-4-8-26-21/h3-5,8,10,12,18-20H,6-7,9,11,13-17H2,1-2H3,(H,24,27). The molecule has 2 unspecified atom stereocenters. The van der Waals surface area contributed by atoms with Crippen molar-refractivity contribution in [2.75, 3.05) is 57.8 Å². The van der Waals surface area contributed by atoms with Crippen LogP contribution in [-0.4, -0.2) is 89.1 Å². The molecule has 9 nitrogen and oxygen atoms in total. The molecular weight excluding hydrogens is 404 g/mol. The Balaban J connectivity index is 1.22. The lowest BCUT2D eigenvalue weighted by Gasteiger charge is -2.39. The zero-order valence-corrected chi connectivity index (χ0v) is 19.1. The number of amides is 1. The Morgan fingerprint density at radius 2 is 2.00 bits per heavy atom. The number of likely N-dealkylation sites (tertiary alicyclic amines) is 1. The van der Waals surface area contributed by atoms with Gasteiger partial charge in [0.1, 0.15) is 5.82 Å². The van der Waals surface area contributed by atoms with Crippen LogP contribution in [0.15, 0.2) is 48.1 Å². The van der Waals surface area contributed by atoms with Gasteiger partial charge in [0.2, 0.25) is 5.91 Å². The van der Waals surface area contributed by atoms with Gasteiger partial charge >= 0.3 is 0 Å². The first-order valence-electron chi connectivity index (χ1n) is 11.5. The maximum atomic E-state index is 12.7. The fourth-order valence-electron chi connectivity index (χ4n) is 4.59. The summed E-state index contributed by atoms with van der Waals surface area (Å²) in [4.78, 5) is 32.3. The first-order valence-corrected chi connectivity index (χ1v) is 11.5. The van der Waals surface area contributed by atoms with E-state index in [9.17, 15) is 4.79 Å². The van der Waals surface area contributed by atoms with E-state index in [0.29, 0.717) is 24.9 Å². The Kier molecular flexibility index (Phi) is 7.24. The van der Waals surface area contributed by atoms with E-state index in [4.69, 9.17) is 0 Å². The van der Waals surface area contributed by atoms with Crippen LogP contribution in [0.25, 0.3) is 0 Å². The highest BCUT2D eigenvalue weighted by Gasteiger charge is 2.29. The largest absolute Gasteiger partial charge is 0.356 e. The molecule has 2 aromatic heterocycles. The minimum absolute atomic E-state index is 0.192. The van der Waals surface area contributed by atoms with Gasteiger partial charge in [-0.2, -0.15) is 0 Å². The molecule has 1 N–H and O–H groups in total. The molecule has 2 fully saturated rings. The second kappa shape index (κ2) is 10.5. The van der Waals surface area contributed by atoms with Crippen molar-refractivity contribution < 1.29 is 4.79 Å². The molecule has 0 aromatic carbocycles. The molecule has 172 valence electrons. The summed E-state index contributed by atoms with van der Waals surface area (Å²) in [6.45, 7) is 7.86. The van der Waals surface area contributed by atoms with Crippen LogP contribution >= 0.6 is 0 Å². The van der Waals surface area contributed by atoms with E-state index in [1.54, 1.807) is 0 Å². The summed E-state index contributed by atoms with van der Waals surface area (Å²) in [6, 6.07) is 6.32. The average Bonchev–Trinajstić information content (AvgIpc) is 3.38. The molecule has 0 saturated carbocycles. The minimum atomic E-state index is 0.192. The number of nitrogens with zero attached hydrogens (tertiary/aromatic N) is 7. The number of rotatable bonds is 5. The molecule has 2 atom stereocenters. The van der Waals surface area contributed by atoms with E-state index in [2.05, 4.69) is 41.6 Å². The van der Waals surface area contributed by atoms with Crippen LogP contribution in [0.4, 0.5) is 5.82 Å². The number of carbonyl (C=O) groups excluding carboxylic acids is 1. The van der Waals surface area contributed by atoms with E-state index in [-0.39, 0.29) is 5.91 Å². The Labute approximate surface area is 190 Å². The van der Waals surface area contributed by atoms with E-state index in [1.165, 1.54) is 0 Å². The van der Waals surface area contributed by atoms with Crippen LogP contribution in [0.1, 0.15) is 25.8 Å². The van der Waals surface area contributed by atoms with E-state index in [0.717, 1.165) is 57.5 Å². The number of aliphatic imine (C=N–C) groups is 1. The van der Waals surface area contributed by atoms with E-state index in [1.807, 2.05) is 55.1 Å². The van der Waals surface area contributed by atoms with Gasteiger partial charge in [0.05, 0.1) is 12.4 Å². The summed E-state index contributed by atoms with van der Waals surface area (Å²) in [5.41, 5.74) is 0. The van der Waals surface area contributed by atoms with Crippen molar-refractivity contribution in [2.45, 2.75) is 25.8 Å². The number of carbonyl (C=O) groups is 1. The van der Waals surface area contributed by atoms with Gasteiger partial charge in [0.15, 0.2) is 5.96 Å². The molecule has 9 heteroatoms. The monoisotopic (exact) mass is 438 g/mol. The zero-order chi connectivity index (χ0) is 22.3. The summed E-state index contributed by atoms with van der Waals surface area (Å²) in [5.74, 6) is 2.63. The van der Waals surface area contributed by atoms with E-state index < -0.39 is 0 Å². The second-order valence-corrected chi connectivity index (χ2v) is 8.57. The number of nitrogens with one attached hydrogen (secondary N) is 1. The molecule has 2 aliphatic heterocycles. The van der Waals surface area contributed by atoms with Crippen molar-refractivity contribution in [3.8, 4) is 0 Å². The fraction of sp³-hybridized carbons (Fsp3) is 0.565. The molecule has 32 heavy (non-hydrogen) atoms. The Morgan fingerprint density at radius 3 is 2.69 bits per heavy atom. The lowest BCUT2D eigenvalue weighted by atomic mass is 9.93. The topological polar surface area (TPSA) is 81.9 Å². The summed E-state index contributed by atoms with van der Waals surface area (Å²) < 4.78 is 2.19. The number of piperidine rings is 1. The van der Waals surface area contributed by atoms with Crippen molar-refractivity contribution >= 4 is 17.7 Å². The average molecular weight is 439 g/mol. The summed E-state index contributed by atoms with van der Waals surface area (Å²) in [7, 11) is 1.81. The first-order chi connectivity index (χ1) is 15.7. The molecule has 2 saturated heterocycles. The lowest BCUT2D eigenvalue weighted by molar-refractivity contribution is -0.131. The van der Waals surface area contributed by atoms with Crippen LogP contribution in [0.3, 0.4) is 0 Å². The number of pyridine rings is 1. The number of hydrogen-bond acceptors (Lipinski definition) is 5. The van der Waals surface area contributed by atoms with Crippen molar-refractivity contribution in [3.05, 3.63) is 43.1 Å². The van der Waals surface area contributed by atoms with Crippen LogP contribution in [0.5, 0.6) is 0 Å². The van der Waals surface area contributed by atoms with E-state index >= 15 is 0 Å². The number of imidazole rings is 1. The van der Waals surface area contributed by atoms with Crippen molar-refractivity contribution in [1.29, 1.82) is 0 Å². The molecule has 2 aromatic rings.